The predicted molar refractivity (Wildman–Crippen MR) is 120 cm³/mol. The third kappa shape index (κ3) is 3.71. The quantitative estimate of drug-likeness (QED) is 0.218. The van der Waals surface area contributed by atoms with Crippen LogP contribution in [0.25, 0.3) is 16.7 Å². The Labute approximate surface area is 179 Å². The van der Waals surface area contributed by atoms with Crippen LogP contribution in [0, 0.1) is 19.7 Å². The Hall–Kier alpha value is -3.12. The number of ketones is 1. The van der Waals surface area contributed by atoms with Gasteiger partial charge in [-0.3, -0.25) is 4.79 Å². The van der Waals surface area contributed by atoms with E-state index < -0.39 is 0 Å². The van der Waals surface area contributed by atoms with Crippen molar-refractivity contribution in [3.8, 4) is 5.69 Å². The zero-order valence-electron chi connectivity index (χ0n) is 16.9. The lowest BCUT2D eigenvalue weighted by molar-refractivity contribution is 0.102. The highest BCUT2D eigenvalue weighted by molar-refractivity contribution is 7.99. The van der Waals surface area contributed by atoms with Crippen LogP contribution < -0.4 is 0 Å². The summed E-state index contributed by atoms with van der Waals surface area (Å²) in [5, 5.41) is 0.803. The number of hydrogen-bond donors (Lipinski definition) is 0. The molecule has 0 saturated heterocycles. The number of aryl methyl sites for hydroxylation is 1. The zero-order valence-corrected chi connectivity index (χ0v) is 17.7. The molecule has 30 heavy (non-hydrogen) atoms. The number of fused-ring (bicyclic) bond motifs is 1. The fraction of sp³-hybridized carbons (Fsp3) is 0.167. The lowest BCUT2D eigenvalue weighted by Gasteiger charge is -2.10. The van der Waals surface area contributed by atoms with Gasteiger partial charge in [0, 0.05) is 29.2 Å². The number of hydrogen-bond acceptors (Lipinski definition) is 3. The van der Waals surface area contributed by atoms with Crippen LogP contribution in [0.15, 0.2) is 72.4 Å². The smallest absolute Gasteiger partial charge is 0.175 e. The van der Waals surface area contributed by atoms with Gasteiger partial charge in [0.2, 0.25) is 0 Å². The number of para-hydroxylation sites is 2. The maximum absolute atomic E-state index is 13.3. The predicted octanol–water partition coefficient (Wildman–Crippen LogP) is 5.74. The number of benzene rings is 2. The van der Waals surface area contributed by atoms with Gasteiger partial charge in [-0.05, 0) is 56.3 Å². The maximum atomic E-state index is 13.3. The molecule has 4 nitrogen and oxygen atoms in total. The van der Waals surface area contributed by atoms with E-state index >= 15 is 0 Å². The first-order valence-electron chi connectivity index (χ1n) is 9.66. The fourth-order valence-corrected chi connectivity index (χ4v) is 4.62. The molecule has 0 saturated carbocycles. The van der Waals surface area contributed by atoms with Gasteiger partial charge in [-0.2, -0.15) is 0 Å². The summed E-state index contributed by atoms with van der Waals surface area (Å²) in [6.07, 6.45) is 1.83. The third-order valence-corrected chi connectivity index (χ3v) is 6.06. The van der Waals surface area contributed by atoms with Crippen LogP contribution in [0.5, 0.6) is 0 Å². The highest BCUT2D eigenvalue weighted by Crippen LogP contribution is 2.27. The summed E-state index contributed by atoms with van der Waals surface area (Å²) in [5.41, 5.74) is 5.24. The van der Waals surface area contributed by atoms with Gasteiger partial charge in [-0.1, -0.05) is 30.0 Å². The largest absolute Gasteiger partial charge is 0.318 e. The minimum atomic E-state index is -0.281. The first kappa shape index (κ1) is 20.2. The molecule has 2 aromatic carbocycles. The summed E-state index contributed by atoms with van der Waals surface area (Å²) in [5.74, 6) is 0.0451. The average molecular weight is 420 g/mol. The maximum Gasteiger partial charge on any atom is 0.175 e. The molecule has 0 spiro atoms. The van der Waals surface area contributed by atoms with Crippen molar-refractivity contribution < 1.29 is 9.18 Å². The summed E-state index contributed by atoms with van der Waals surface area (Å²) >= 11 is 1.43. The third-order valence-electron chi connectivity index (χ3n) is 5.08. The number of carbonyl (C=O) groups is 1. The highest BCUT2D eigenvalue weighted by Gasteiger charge is 2.18. The van der Waals surface area contributed by atoms with Gasteiger partial charge in [0.05, 0.1) is 16.8 Å². The molecule has 2 heterocycles. The second-order valence-corrected chi connectivity index (χ2v) is 8.03. The van der Waals surface area contributed by atoms with E-state index in [2.05, 4.69) is 16.1 Å². The standard InChI is InChI=1S/C24H22FN3OS/c1-4-13-27-22-8-6-5-7-21(22)26-24(27)30-15-23(29)20-14-16(2)28(17(20)3)19-11-9-18(25)10-12-19/h4-12,14H,1,13,15H2,2-3H3. The summed E-state index contributed by atoms with van der Waals surface area (Å²) < 4.78 is 17.3. The molecule has 6 heteroatoms. The monoisotopic (exact) mass is 419 g/mol. The molecule has 0 atom stereocenters. The van der Waals surface area contributed by atoms with Gasteiger partial charge in [-0.25, -0.2) is 9.37 Å². The van der Waals surface area contributed by atoms with Crippen LogP contribution in [0.2, 0.25) is 0 Å². The van der Waals surface area contributed by atoms with E-state index in [9.17, 15) is 9.18 Å². The molecule has 0 fully saturated rings. The van der Waals surface area contributed by atoms with Crippen LogP contribution in [0.4, 0.5) is 4.39 Å². The topological polar surface area (TPSA) is 39.8 Å². The minimum Gasteiger partial charge on any atom is -0.318 e. The number of allylic oxidation sites excluding steroid dienone is 1. The Balaban J connectivity index is 1.59. The number of imidazole rings is 1. The van der Waals surface area contributed by atoms with Crippen LogP contribution >= 0.6 is 11.8 Å². The van der Waals surface area contributed by atoms with Crippen molar-refractivity contribution in [2.75, 3.05) is 5.75 Å². The first-order chi connectivity index (χ1) is 14.5. The molecule has 2 aromatic heterocycles. The van der Waals surface area contributed by atoms with E-state index in [0.29, 0.717) is 12.1 Å². The zero-order chi connectivity index (χ0) is 21.3. The van der Waals surface area contributed by atoms with Crippen molar-refractivity contribution in [2.45, 2.75) is 25.5 Å². The minimum absolute atomic E-state index is 0.0404. The van der Waals surface area contributed by atoms with Crippen molar-refractivity contribution in [1.82, 2.24) is 14.1 Å². The fourth-order valence-electron chi connectivity index (χ4n) is 3.71. The van der Waals surface area contributed by atoms with Crippen molar-refractivity contribution >= 4 is 28.6 Å². The molecule has 0 unspecified atom stereocenters. The van der Waals surface area contributed by atoms with Crippen molar-refractivity contribution in [3.63, 3.8) is 0 Å². The Morgan fingerprint density at radius 2 is 1.90 bits per heavy atom. The number of halogens is 1. The normalized spacial score (nSPS) is 11.2. The van der Waals surface area contributed by atoms with E-state index in [1.54, 1.807) is 12.1 Å². The van der Waals surface area contributed by atoms with E-state index in [1.165, 1.54) is 23.9 Å². The molecular formula is C24H22FN3OS. The Bertz CT molecular complexity index is 1240. The van der Waals surface area contributed by atoms with Crippen LogP contribution in [-0.2, 0) is 6.54 Å². The molecule has 0 bridgehead atoms. The van der Waals surface area contributed by atoms with Crippen molar-refractivity contribution in [2.24, 2.45) is 0 Å². The number of nitrogens with zero attached hydrogens (tertiary/aromatic N) is 3. The summed E-state index contributed by atoms with van der Waals surface area (Å²) in [7, 11) is 0. The van der Waals surface area contributed by atoms with E-state index in [1.807, 2.05) is 54.8 Å². The number of Topliss-reactive ketones (excluding diaryl/α,β-unsaturated/α-hetero) is 1. The average Bonchev–Trinajstić information content (AvgIpc) is 3.24. The molecule has 0 aliphatic rings. The molecular weight excluding hydrogens is 397 g/mol. The van der Waals surface area contributed by atoms with E-state index in [4.69, 9.17) is 0 Å². The lowest BCUT2D eigenvalue weighted by atomic mass is 10.2. The van der Waals surface area contributed by atoms with Gasteiger partial charge in [0.25, 0.3) is 0 Å². The number of carbonyl (C=O) groups excluding carboxylic acids is 1. The number of aromatic nitrogens is 3. The molecule has 0 radical (unpaired) electrons. The summed E-state index contributed by atoms with van der Waals surface area (Å²) in [6, 6.07) is 16.1. The Morgan fingerprint density at radius 3 is 2.63 bits per heavy atom. The summed E-state index contributed by atoms with van der Waals surface area (Å²) in [4.78, 5) is 17.7. The van der Waals surface area contributed by atoms with Crippen LogP contribution in [0.3, 0.4) is 0 Å². The second kappa shape index (κ2) is 8.32. The molecule has 0 amide bonds. The van der Waals surface area contributed by atoms with Crippen LogP contribution in [0.1, 0.15) is 21.7 Å². The molecule has 4 aromatic rings. The van der Waals surface area contributed by atoms with Crippen molar-refractivity contribution in [1.29, 1.82) is 0 Å². The van der Waals surface area contributed by atoms with Gasteiger partial charge in [0.15, 0.2) is 10.9 Å². The SMILES string of the molecule is C=CCn1c(SCC(=O)c2cc(C)n(-c3ccc(F)cc3)c2C)nc2ccccc21. The molecule has 0 aliphatic carbocycles. The Morgan fingerprint density at radius 1 is 1.17 bits per heavy atom. The summed E-state index contributed by atoms with van der Waals surface area (Å²) in [6.45, 7) is 8.33. The van der Waals surface area contributed by atoms with Crippen molar-refractivity contribution in [3.05, 3.63) is 90.0 Å². The van der Waals surface area contributed by atoms with Crippen LogP contribution in [-0.4, -0.2) is 25.7 Å². The van der Waals surface area contributed by atoms with Gasteiger partial charge in [0.1, 0.15) is 5.82 Å². The molecule has 0 aliphatic heterocycles. The highest BCUT2D eigenvalue weighted by atomic mass is 32.2. The number of rotatable bonds is 7. The van der Waals surface area contributed by atoms with E-state index in [-0.39, 0.29) is 17.4 Å². The van der Waals surface area contributed by atoms with E-state index in [0.717, 1.165) is 33.3 Å². The molecule has 152 valence electrons. The van der Waals surface area contributed by atoms with Gasteiger partial charge < -0.3 is 9.13 Å². The molecule has 4 rings (SSSR count). The lowest BCUT2D eigenvalue weighted by Crippen LogP contribution is -2.07. The second-order valence-electron chi connectivity index (χ2n) is 7.09. The molecule has 0 N–H and O–H groups in total. The number of thioether (sulfide) groups is 1. The van der Waals surface area contributed by atoms with Gasteiger partial charge >= 0.3 is 0 Å². The first-order valence-corrected chi connectivity index (χ1v) is 10.6. The van der Waals surface area contributed by atoms with Gasteiger partial charge in [-0.15, -0.1) is 6.58 Å². The Kier molecular flexibility index (Phi) is 5.59.